The predicted octanol–water partition coefficient (Wildman–Crippen LogP) is 2.60. The molecule has 0 aliphatic rings. The molecule has 3 nitrogen and oxygen atoms in total. The molecule has 0 saturated heterocycles. The molecule has 0 saturated carbocycles. The summed E-state index contributed by atoms with van der Waals surface area (Å²) >= 11 is 0. The molecule has 1 aromatic rings. The molecule has 2 N–H and O–H groups in total. The lowest BCUT2D eigenvalue weighted by molar-refractivity contribution is 0.114. The van der Waals surface area contributed by atoms with E-state index in [9.17, 15) is 5.11 Å². The molecular formula is C13H22N2O. The van der Waals surface area contributed by atoms with Crippen LogP contribution in [0.4, 0.5) is 5.69 Å². The number of aliphatic hydroxyl groups excluding tert-OH is 1. The van der Waals surface area contributed by atoms with Gasteiger partial charge in [-0.3, -0.25) is 4.98 Å². The summed E-state index contributed by atoms with van der Waals surface area (Å²) in [5.74, 6) is 0.384. The summed E-state index contributed by atoms with van der Waals surface area (Å²) in [6.07, 6.45) is 5.36. The Kier molecular flexibility index (Phi) is 5.26. The lowest BCUT2D eigenvalue weighted by Crippen LogP contribution is -2.27. The fraction of sp³-hybridized carbons (Fsp3) is 0.615. The van der Waals surface area contributed by atoms with E-state index in [1.165, 1.54) is 0 Å². The Hall–Kier alpha value is -1.09. The van der Waals surface area contributed by atoms with Crippen molar-refractivity contribution in [2.45, 2.75) is 39.7 Å². The van der Waals surface area contributed by atoms with E-state index in [2.05, 4.69) is 24.1 Å². The normalized spacial score (nSPS) is 12.8. The second kappa shape index (κ2) is 6.48. The molecule has 90 valence electrons. The van der Waals surface area contributed by atoms with Crippen LogP contribution < -0.4 is 5.32 Å². The fourth-order valence-electron chi connectivity index (χ4n) is 1.89. The number of aromatic nitrogens is 1. The van der Waals surface area contributed by atoms with Crippen molar-refractivity contribution in [3.63, 3.8) is 0 Å². The van der Waals surface area contributed by atoms with Crippen molar-refractivity contribution >= 4 is 5.69 Å². The molecular weight excluding hydrogens is 200 g/mol. The Morgan fingerprint density at radius 3 is 2.62 bits per heavy atom. The van der Waals surface area contributed by atoms with Gasteiger partial charge in [-0.05, 0) is 24.5 Å². The summed E-state index contributed by atoms with van der Waals surface area (Å²) in [5, 5.41) is 13.3. The summed E-state index contributed by atoms with van der Waals surface area (Å²) in [6, 6.07) is 1.94. The second-order valence-corrected chi connectivity index (χ2v) is 4.22. The Morgan fingerprint density at radius 1 is 1.38 bits per heavy atom. The highest BCUT2D eigenvalue weighted by Gasteiger charge is 2.14. The molecule has 1 aromatic heterocycles. The predicted molar refractivity (Wildman–Crippen MR) is 67.5 cm³/mol. The summed E-state index contributed by atoms with van der Waals surface area (Å²) in [6.45, 7) is 6.86. The van der Waals surface area contributed by atoms with Crippen molar-refractivity contribution in [3.05, 3.63) is 24.0 Å². The van der Waals surface area contributed by atoms with Gasteiger partial charge in [0, 0.05) is 24.6 Å². The minimum absolute atomic E-state index is 0.275. The van der Waals surface area contributed by atoms with Crippen molar-refractivity contribution in [2.75, 3.05) is 11.9 Å². The van der Waals surface area contributed by atoms with Crippen LogP contribution in [-0.2, 0) is 0 Å². The quantitative estimate of drug-likeness (QED) is 0.777. The monoisotopic (exact) mass is 222 g/mol. The third kappa shape index (κ3) is 3.49. The van der Waals surface area contributed by atoms with Crippen LogP contribution in [0.3, 0.4) is 0 Å². The fourth-order valence-corrected chi connectivity index (χ4v) is 1.89. The molecule has 3 heteroatoms. The van der Waals surface area contributed by atoms with Gasteiger partial charge in [0.15, 0.2) is 0 Å². The van der Waals surface area contributed by atoms with Gasteiger partial charge in [0.1, 0.15) is 0 Å². The Bertz CT molecular complexity index is 311. The van der Waals surface area contributed by atoms with E-state index < -0.39 is 0 Å². The number of aliphatic hydroxyl groups is 1. The van der Waals surface area contributed by atoms with E-state index >= 15 is 0 Å². The van der Waals surface area contributed by atoms with Gasteiger partial charge < -0.3 is 10.4 Å². The van der Waals surface area contributed by atoms with Gasteiger partial charge in [0.05, 0.1) is 6.10 Å². The zero-order chi connectivity index (χ0) is 12.0. The van der Waals surface area contributed by atoms with Crippen LogP contribution in [0, 0.1) is 12.8 Å². The van der Waals surface area contributed by atoms with E-state index in [-0.39, 0.29) is 6.10 Å². The lowest BCUT2D eigenvalue weighted by atomic mass is 9.96. The largest absolute Gasteiger partial charge is 0.391 e. The number of aryl methyl sites for hydroxylation is 1. The molecule has 0 bridgehead atoms. The maximum atomic E-state index is 9.98. The van der Waals surface area contributed by atoms with E-state index in [1.807, 2.05) is 19.2 Å². The van der Waals surface area contributed by atoms with Crippen LogP contribution in [0.2, 0.25) is 0 Å². The Morgan fingerprint density at radius 2 is 2.06 bits per heavy atom. The molecule has 0 spiro atoms. The van der Waals surface area contributed by atoms with Gasteiger partial charge in [0.25, 0.3) is 0 Å². The topological polar surface area (TPSA) is 45.1 Å². The zero-order valence-electron chi connectivity index (χ0n) is 10.4. The highest BCUT2D eigenvalue weighted by atomic mass is 16.3. The van der Waals surface area contributed by atoms with Gasteiger partial charge in [-0.25, -0.2) is 0 Å². The second-order valence-electron chi connectivity index (χ2n) is 4.22. The first-order valence-corrected chi connectivity index (χ1v) is 6.01. The van der Waals surface area contributed by atoms with E-state index in [4.69, 9.17) is 0 Å². The molecule has 0 fully saturated rings. The van der Waals surface area contributed by atoms with E-state index in [0.29, 0.717) is 12.5 Å². The standard InChI is InChI=1S/C13H22N2O/c1-4-11(5-2)13(16)9-15-12-6-7-14-8-10(12)3/h6-8,11,13,16H,4-5,9H2,1-3H3,(H,14,15). The molecule has 0 radical (unpaired) electrons. The molecule has 1 heterocycles. The first kappa shape index (κ1) is 13.0. The lowest BCUT2D eigenvalue weighted by Gasteiger charge is -2.21. The average Bonchev–Trinajstić information content (AvgIpc) is 2.29. The number of pyridine rings is 1. The van der Waals surface area contributed by atoms with Gasteiger partial charge in [0.2, 0.25) is 0 Å². The highest BCUT2D eigenvalue weighted by molar-refractivity contribution is 5.48. The third-order valence-electron chi connectivity index (χ3n) is 3.11. The number of rotatable bonds is 6. The maximum absolute atomic E-state index is 9.98. The number of anilines is 1. The number of hydrogen-bond donors (Lipinski definition) is 2. The van der Waals surface area contributed by atoms with Crippen molar-refractivity contribution in [2.24, 2.45) is 5.92 Å². The van der Waals surface area contributed by atoms with Crippen molar-refractivity contribution in [3.8, 4) is 0 Å². The molecule has 1 rings (SSSR count). The maximum Gasteiger partial charge on any atom is 0.0740 e. The third-order valence-corrected chi connectivity index (χ3v) is 3.11. The molecule has 0 aromatic carbocycles. The molecule has 0 amide bonds. The number of hydrogen-bond acceptors (Lipinski definition) is 3. The van der Waals surface area contributed by atoms with Crippen molar-refractivity contribution in [1.82, 2.24) is 4.98 Å². The van der Waals surface area contributed by atoms with Crippen molar-refractivity contribution in [1.29, 1.82) is 0 Å². The minimum atomic E-state index is -0.275. The molecule has 0 aliphatic carbocycles. The van der Waals surface area contributed by atoms with Gasteiger partial charge >= 0.3 is 0 Å². The Balaban J connectivity index is 2.48. The van der Waals surface area contributed by atoms with Gasteiger partial charge in [-0.15, -0.1) is 0 Å². The first-order chi connectivity index (χ1) is 7.69. The van der Waals surface area contributed by atoms with Gasteiger partial charge in [-0.1, -0.05) is 26.7 Å². The molecule has 16 heavy (non-hydrogen) atoms. The zero-order valence-corrected chi connectivity index (χ0v) is 10.4. The molecule has 1 unspecified atom stereocenters. The SMILES string of the molecule is CCC(CC)C(O)CNc1ccncc1C. The smallest absolute Gasteiger partial charge is 0.0740 e. The van der Waals surface area contributed by atoms with Crippen LogP contribution in [0.25, 0.3) is 0 Å². The van der Waals surface area contributed by atoms with Crippen LogP contribution in [0.15, 0.2) is 18.5 Å². The number of nitrogens with one attached hydrogen (secondary N) is 1. The first-order valence-electron chi connectivity index (χ1n) is 6.01. The van der Waals surface area contributed by atoms with Crippen LogP contribution in [-0.4, -0.2) is 22.7 Å². The van der Waals surface area contributed by atoms with Crippen LogP contribution in [0.1, 0.15) is 32.3 Å². The van der Waals surface area contributed by atoms with Crippen LogP contribution >= 0.6 is 0 Å². The Labute approximate surface area is 97.9 Å². The summed E-state index contributed by atoms with van der Waals surface area (Å²) in [5.41, 5.74) is 2.17. The summed E-state index contributed by atoms with van der Waals surface area (Å²) in [7, 11) is 0. The molecule has 1 atom stereocenters. The van der Waals surface area contributed by atoms with E-state index in [0.717, 1.165) is 24.1 Å². The van der Waals surface area contributed by atoms with E-state index in [1.54, 1.807) is 6.20 Å². The van der Waals surface area contributed by atoms with Gasteiger partial charge in [-0.2, -0.15) is 0 Å². The summed E-state index contributed by atoms with van der Waals surface area (Å²) < 4.78 is 0. The van der Waals surface area contributed by atoms with Crippen LogP contribution in [0.5, 0.6) is 0 Å². The molecule has 0 aliphatic heterocycles. The average molecular weight is 222 g/mol. The van der Waals surface area contributed by atoms with Crippen molar-refractivity contribution < 1.29 is 5.11 Å². The number of nitrogens with zero attached hydrogens (tertiary/aromatic N) is 1. The minimum Gasteiger partial charge on any atom is -0.391 e. The highest BCUT2D eigenvalue weighted by Crippen LogP contribution is 2.16. The summed E-state index contributed by atoms with van der Waals surface area (Å²) in [4.78, 5) is 4.04.